The van der Waals surface area contributed by atoms with Gasteiger partial charge in [0.2, 0.25) is 0 Å². The van der Waals surface area contributed by atoms with Crippen LogP contribution < -0.4 is 0 Å². The third kappa shape index (κ3) is 3.05. The van der Waals surface area contributed by atoms with Crippen LogP contribution in [0.15, 0.2) is 24.3 Å². The molecule has 1 fully saturated rings. The first-order valence-electron chi connectivity index (χ1n) is 6.26. The summed E-state index contributed by atoms with van der Waals surface area (Å²) in [6.45, 7) is 3.00. The molecule has 0 saturated carbocycles. The minimum atomic E-state index is -0.853. The van der Waals surface area contributed by atoms with Crippen molar-refractivity contribution in [3.63, 3.8) is 0 Å². The summed E-state index contributed by atoms with van der Waals surface area (Å²) in [6, 6.07) is 7.79. The van der Waals surface area contributed by atoms with Crippen molar-refractivity contribution in [1.29, 1.82) is 0 Å². The Hall–Kier alpha value is -2.04. The summed E-state index contributed by atoms with van der Waals surface area (Å²) in [5.74, 6) is -1.37. The summed E-state index contributed by atoms with van der Waals surface area (Å²) in [7, 11) is 1.64. The molecule has 2 amide bonds. The van der Waals surface area contributed by atoms with Gasteiger partial charge in [-0.15, -0.1) is 0 Å². The molecule has 1 aliphatic rings. The number of rotatable bonds is 3. The summed E-state index contributed by atoms with van der Waals surface area (Å²) in [6.07, 6.45) is 0. The van der Waals surface area contributed by atoms with Gasteiger partial charge in [-0.1, -0.05) is 29.8 Å². The quantitative estimate of drug-likeness (QED) is 0.899. The lowest BCUT2D eigenvalue weighted by Gasteiger charge is -2.36. The predicted octanol–water partition coefficient (Wildman–Crippen LogP) is 1.56. The van der Waals surface area contributed by atoms with Crippen molar-refractivity contribution in [2.45, 2.75) is 13.5 Å². The fourth-order valence-electron chi connectivity index (χ4n) is 2.25. The zero-order chi connectivity index (χ0) is 14.0. The number of carbonyl (C=O) groups excluding carboxylic acids is 1. The number of carboxylic acids is 1. The van der Waals surface area contributed by atoms with E-state index in [9.17, 15) is 9.59 Å². The van der Waals surface area contributed by atoms with Gasteiger partial charge in [-0.2, -0.15) is 0 Å². The van der Waals surface area contributed by atoms with Gasteiger partial charge >= 0.3 is 12.0 Å². The van der Waals surface area contributed by atoms with Gasteiger partial charge in [0.25, 0.3) is 0 Å². The zero-order valence-electron chi connectivity index (χ0n) is 11.2. The lowest BCUT2D eigenvalue weighted by molar-refractivity contribution is -0.143. The average Bonchev–Trinajstić information content (AvgIpc) is 2.37. The molecule has 0 radical (unpaired) electrons. The molecule has 2 rings (SSSR count). The molecule has 1 aromatic rings. The van der Waals surface area contributed by atoms with Gasteiger partial charge in [0.15, 0.2) is 0 Å². The molecule has 1 unspecified atom stereocenters. The van der Waals surface area contributed by atoms with Crippen LogP contribution in [0.5, 0.6) is 0 Å². The van der Waals surface area contributed by atoms with Crippen LogP contribution >= 0.6 is 0 Å². The van der Waals surface area contributed by atoms with E-state index in [4.69, 9.17) is 5.11 Å². The van der Waals surface area contributed by atoms with E-state index in [0.29, 0.717) is 6.54 Å². The van der Waals surface area contributed by atoms with E-state index < -0.39 is 11.9 Å². The number of aryl methyl sites for hydroxylation is 1. The number of benzene rings is 1. The minimum absolute atomic E-state index is 0.113. The minimum Gasteiger partial charge on any atom is -0.481 e. The SMILES string of the molecule is Cc1ccc(CN2CC(C(=O)O)CN(C)C2=O)cc1. The Morgan fingerprint density at radius 1 is 1.32 bits per heavy atom. The molecule has 19 heavy (non-hydrogen) atoms. The van der Waals surface area contributed by atoms with Gasteiger partial charge in [0.05, 0.1) is 5.92 Å². The lowest BCUT2D eigenvalue weighted by atomic mass is 10.1. The fraction of sp³-hybridized carbons (Fsp3) is 0.429. The fourth-order valence-corrected chi connectivity index (χ4v) is 2.25. The monoisotopic (exact) mass is 262 g/mol. The zero-order valence-corrected chi connectivity index (χ0v) is 11.2. The Bertz CT molecular complexity index is 484. The molecule has 0 aromatic heterocycles. The number of carbonyl (C=O) groups is 2. The van der Waals surface area contributed by atoms with Gasteiger partial charge in [-0.05, 0) is 12.5 Å². The Labute approximate surface area is 112 Å². The van der Waals surface area contributed by atoms with Gasteiger partial charge in [0, 0.05) is 26.7 Å². The normalized spacial score (nSPS) is 19.7. The first-order chi connectivity index (χ1) is 8.97. The molecule has 0 aliphatic carbocycles. The number of hydrogen-bond acceptors (Lipinski definition) is 2. The van der Waals surface area contributed by atoms with Gasteiger partial charge in [-0.3, -0.25) is 4.79 Å². The molecule has 1 N–H and O–H groups in total. The van der Waals surface area contributed by atoms with Crippen LogP contribution in [0.3, 0.4) is 0 Å². The maximum atomic E-state index is 12.0. The number of hydrogen-bond donors (Lipinski definition) is 1. The number of nitrogens with zero attached hydrogens (tertiary/aromatic N) is 2. The van der Waals surface area contributed by atoms with E-state index in [-0.39, 0.29) is 19.1 Å². The van der Waals surface area contributed by atoms with Crippen molar-refractivity contribution in [3.05, 3.63) is 35.4 Å². The molecule has 0 bridgehead atoms. The van der Waals surface area contributed by atoms with Crippen molar-refractivity contribution < 1.29 is 14.7 Å². The Kier molecular flexibility index (Phi) is 3.74. The molecule has 1 aliphatic heterocycles. The van der Waals surface area contributed by atoms with Crippen LogP contribution in [0.25, 0.3) is 0 Å². The van der Waals surface area contributed by atoms with Crippen LogP contribution in [-0.2, 0) is 11.3 Å². The first-order valence-corrected chi connectivity index (χ1v) is 6.26. The van der Waals surface area contributed by atoms with Gasteiger partial charge < -0.3 is 14.9 Å². The molecule has 0 spiro atoms. The average molecular weight is 262 g/mol. The van der Waals surface area contributed by atoms with Crippen molar-refractivity contribution in [2.75, 3.05) is 20.1 Å². The summed E-state index contributed by atoms with van der Waals surface area (Å²) >= 11 is 0. The number of aliphatic carboxylic acids is 1. The molecule has 102 valence electrons. The second-order valence-corrected chi connectivity index (χ2v) is 5.06. The van der Waals surface area contributed by atoms with E-state index in [1.165, 1.54) is 4.90 Å². The summed E-state index contributed by atoms with van der Waals surface area (Å²) < 4.78 is 0. The van der Waals surface area contributed by atoms with Crippen molar-refractivity contribution in [1.82, 2.24) is 9.80 Å². The first kappa shape index (κ1) is 13.4. The number of urea groups is 1. The van der Waals surface area contributed by atoms with Crippen molar-refractivity contribution >= 4 is 12.0 Å². The van der Waals surface area contributed by atoms with E-state index in [1.54, 1.807) is 11.9 Å². The van der Waals surface area contributed by atoms with E-state index >= 15 is 0 Å². The summed E-state index contributed by atoms with van der Waals surface area (Å²) in [5.41, 5.74) is 2.17. The molecule has 1 aromatic carbocycles. The predicted molar refractivity (Wildman–Crippen MR) is 70.7 cm³/mol. The van der Waals surface area contributed by atoms with Crippen molar-refractivity contribution in [2.24, 2.45) is 5.92 Å². The van der Waals surface area contributed by atoms with Crippen LogP contribution in [0.1, 0.15) is 11.1 Å². The third-order valence-corrected chi connectivity index (χ3v) is 3.38. The largest absolute Gasteiger partial charge is 0.481 e. The second-order valence-electron chi connectivity index (χ2n) is 5.06. The highest BCUT2D eigenvalue weighted by Crippen LogP contribution is 2.17. The highest BCUT2D eigenvalue weighted by molar-refractivity contribution is 5.79. The topological polar surface area (TPSA) is 60.9 Å². The Balaban J connectivity index is 2.10. The molecular formula is C14H18N2O3. The van der Waals surface area contributed by atoms with Crippen LogP contribution in [-0.4, -0.2) is 47.0 Å². The highest BCUT2D eigenvalue weighted by atomic mass is 16.4. The third-order valence-electron chi connectivity index (χ3n) is 3.38. The van der Waals surface area contributed by atoms with Gasteiger partial charge in [-0.25, -0.2) is 4.79 Å². The lowest BCUT2D eigenvalue weighted by Crippen LogP contribution is -2.53. The Morgan fingerprint density at radius 3 is 2.53 bits per heavy atom. The van der Waals surface area contributed by atoms with E-state index in [1.807, 2.05) is 31.2 Å². The molecule has 5 heteroatoms. The van der Waals surface area contributed by atoms with Crippen LogP contribution in [0.2, 0.25) is 0 Å². The van der Waals surface area contributed by atoms with Crippen LogP contribution in [0, 0.1) is 12.8 Å². The molecular weight excluding hydrogens is 244 g/mol. The van der Waals surface area contributed by atoms with Gasteiger partial charge in [0.1, 0.15) is 0 Å². The molecule has 1 saturated heterocycles. The number of carboxylic acid groups (broad SMARTS) is 1. The molecule has 1 heterocycles. The smallest absolute Gasteiger partial charge is 0.320 e. The maximum absolute atomic E-state index is 12.0. The Morgan fingerprint density at radius 2 is 1.95 bits per heavy atom. The summed E-state index contributed by atoms with van der Waals surface area (Å²) in [4.78, 5) is 26.2. The van der Waals surface area contributed by atoms with Crippen molar-refractivity contribution in [3.8, 4) is 0 Å². The summed E-state index contributed by atoms with van der Waals surface area (Å²) in [5, 5.41) is 9.10. The second kappa shape index (κ2) is 5.30. The van der Waals surface area contributed by atoms with E-state index in [2.05, 4.69) is 0 Å². The molecule has 1 atom stereocenters. The van der Waals surface area contributed by atoms with Crippen LogP contribution in [0.4, 0.5) is 4.79 Å². The highest BCUT2D eigenvalue weighted by Gasteiger charge is 2.33. The molecule has 5 nitrogen and oxygen atoms in total. The van der Waals surface area contributed by atoms with E-state index in [0.717, 1.165) is 11.1 Å². The number of amides is 2. The standard InChI is InChI=1S/C14H18N2O3/c1-10-3-5-11(6-4-10)7-16-9-12(13(17)18)8-15(2)14(16)19/h3-6,12H,7-9H2,1-2H3,(H,17,18). The maximum Gasteiger partial charge on any atom is 0.320 e.